The van der Waals surface area contributed by atoms with Gasteiger partial charge in [-0.15, -0.1) is 0 Å². The zero-order chi connectivity index (χ0) is 10.7. The summed E-state index contributed by atoms with van der Waals surface area (Å²) in [6.45, 7) is 3.87. The summed E-state index contributed by atoms with van der Waals surface area (Å²) in [4.78, 5) is 3.09. The van der Waals surface area contributed by atoms with Crippen LogP contribution in [-0.2, 0) is 6.54 Å². The number of aromatic nitrogens is 1. The molecule has 3 heteroatoms. The van der Waals surface area contributed by atoms with Gasteiger partial charge in [-0.3, -0.25) is 0 Å². The number of fused-ring (bicyclic) bond motifs is 1. The van der Waals surface area contributed by atoms with E-state index < -0.39 is 0 Å². The fourth-order valence-corrected chi connectivity index (χ4v) is 1.67. The van der Waals surface area contributed by atoms with E-state index in [0.717, 1.165) is 30.6 Å². The molecule has 1 aromatic carbocycles. The van der Waals surface area contributed by atoms with Gasteiger partial charge in [0, 0.05) is 17.6 Å². The predicted molar refractivity (Wildman–Crippen MR) is 60.3 cm³/mol. The Labute approximate surface area is 88.5 Å². The number of aromatic amines is 1. The summed E-state index contributed by atoms with van der Waals surface area (Å²) in [5.41, 5.74) is 1.63. The van der Waals surface area contributed by atoms with E-state index in [9.17, 15) is 4.39 Å². The van der Waals surface area contributed by atoms with Crippen LogP contribution in [0.3, 0.4) is 0 Å². The fourth-order valence-electron chi connectivity index (χ4n) is 1.67. The average molecular weight is 206 g/mol. The first-order chi connectivity index (χ1) is 7.31. The molecule has 2 rings (SSSR count). The van der Waals surface area contributed by atoms with Crippen molar-refractivity contribution in [2.24, 2.45) is 0 Å². The normalized spacial score (nSPS) is 11.1. The Morgan fingerprint density at radius 2 is 2.27 bits per heavy atom. The van der Waals surface area contributed by atoms with Crippen LogP contribution in [-0.4, -0.2) is 11.5 Å². The molecular formula is C12H15FN2. The average Bonchev–Trinajstić information content (AvgIpc) is 2.63. The Morgan fingerprint density at radius 3 is 3.00 bits per heavy atom. The third kappa shape index (κ3) is 2.18. The standard InChI is InChI=1S/C12H15FN2/c1-2-6-14-8-10-7-9-4-3-5-11(13)12(9)15-10/h3-5,7,14-15H,2,6,8H2,1H3. The molecule has 0 aliphatic rings. The molecule has 2 N–H and O–H groups in total. The van der Waals surface area contributed by atoms with Gasteiger partial charge in [0.05, 0.1) is 5.52 Å². The molecule has 1 heterocycles. The molecule has 2 nitrogen and oxygen atoms in total. The van der Waals surface area contributed by atoms with Gasteiger partial charge in [-0.2, -0.15) is 0 Å². The maximum atomic E-state index is 13.3. The lowest BCUT2D eigenvalue weighted by molar-refractivity contribution is 0.635. The second-order valence-electron chi connectivity index (χ2n) is 3.68. The van der Waals surface area contributed by atoms with E-state index in [4.69, 9.17) is 0 Å². The van der Waals surface area contributed by atoms with E-state index in [1.165, 1.54) is 6.07 Å². The predicted octanol–water partition coefficient (Wildman–Crippen LogP) is 2.81. The highest BCUT2D eigenvalue weighted by atomic mass is 19.1. The van der Waals surface area contributed by atoms with Gasteiger partial charge < -0.3 is 10.3 Å². The van der Waals surface area contributed by atoms with E-state index >= 15 is 0 Å². The number of benzene rings is 1. The first-order valence-corrected chi connectivity index (χ1v) is 5.28. The number of H-pyrrole nitrogens is 1. The Bertz CT molecular complexity index is 448. The first-order valence-electron chi connectivity index (χ1n) is 5.28. The van der Waals surface area contributed by atoms with Crippen molar-refractivity contribution in [3.05, 3.63) is 35.8 Å². The van der Waals surface area contributed by atoms with E-state index in [0.29, 0.717) is 5.52 Å². The maximum Gasteiger partial charge on any atom is 0.147 e. The molecule has 0 radical (unpaired) electrons. The van der Waals surface area contributed by atoms with E-state index in [2.05, 4.69) is 17.2 Å². The molecule has 0 spiro atoms. The summed E-state index contributed by atoms with van der Waals surface area (Å²) in [6.07, 6.45) is 1.11. The molecule has 1 aromatic heterocycles. The largest absolute Gasteiger partial charge is 0.355 e. The Kier molecular flexibility index (Phi) is 3.02. The molecule has 0 bridgehead atoms. The van der Waals surface area contributed by atoms with Gasteiger partial charge >= 0.3 is 0 Å². The van der Waals surface area contributed by atoms with Crippen molar-refractivity contribution in [2.75, 3.05) is 6.54 Å². The second kappa shape index (κ2) is 4.45. The smallest absolute Gasteiger partial charge is 0.147 e. The van der Waals surface area contributed by atoms with E-state index in [1.807, 2.05) is 12.1 Å². The zero-order valence-corrected chi connectivity index (χ0v) is 8.81. The van der Waals surface area contributed by atoms with Crippen molar-refractivity contribution >= 4 is 10.9 Å². The summed E-state index contributed by atoms with van der Waals surface area (Å²) in [7, 11) is 0. The van der Waals surface area contributed by atoms with Crippen LogP contribution in [0.5, 0.6) is 0 Å². The van der Waals surface area contributed by atoms with Crippen LogP contribution in [0.1, 0.15) is 19.0 Å². The molecule has 0 amide bonds. The van der Waals surface area contributed by atoms with E-state index in [1.54, 1.807) is 6.07 Å². The minimum atomic E-state index is -0.186. The summed E-state index contributed by atoms with van der Waals surface area (Å²) in [5.74, 6) is -0.186. The molecular weight excluding hydrogens is 191 g/mol. The first kappa shape index (κ1) is 10.2. The van der Waals surface area contributed by atoms with E-state index in [-0.39, 0.29) is 5.82 Å². The van der Waals surface area contributed by atoms with Crippen molar-refractivity contribution in [3.63, 3.8) is 0 Å². The van der Waals surface area contributed by atoms with Crippen molar-refractivity contribution in [2.45, 2.75) is 19.9 Å². The van der Waals surface area contributed by atoms with Crippen LogP contribution in [0, 0.1) is 5.82 Å². The molecule has 0 unspecified atom stereocenters. The second-order valence-corrected chi connectivity index (χ2v) is 3.68. The number of hydrogen-bond acceptors (Lipinski definition) is 1. The van der Waals surface area contributed by atoms with Gasteiger partial charge in [0.15, 0.2) is 0 Å². The molecule has 2 aromatic rings. The monoisotopic (exact) mass is 206 g/mol. The van der Waals surface area contributed by atoms with Gasteiger partial charge in [-0.05, 0) is 25.1 Å². The summed E-state index contributed by atoms with van der Waals surface area (Å²) in [6, 6.07) is 7.11. The summed E-state index contributed by atoms with van der Waals surface area (Å²) >= 11 is 0. The third-order valence-corrected chi connectivity index (χ3v) is 2.40. The number of hydrogen-bond donors (Lipinski definition) is 2. The number of halogens is 1. The highest BCUT2D eigenvalue weighted by Gasteiger charge is 2.03. The molecule has 0 aliphatic carbocycles. The van der Waals surface area contributed by atoms with Crippen molar-refractivity contribution in [1.82, 2.24) is 10.3 Å². The minimum absolute atomic E-state index is 0.186. The van der Waals surface area contributed by atoms with Gasteiger partial charge in [0.1, 0.15) is 5.82 Å². The molecule has 15 heavy (non-hydrogen) atoms. The van der Waals surface area contributed by atoms with Crippen molar-refractivity contribution < 1.29 is 4.39 Å². The molecule has 0 saturated heterocycles. The number of para-hydroxylation sites is 1. The van der Waals surface area contributed by atoms with Crippen LogP contribution in [0.25, 0.3) is 10.9 Å². The lowest BCUT2D eigenvalue weighted by Crippen LogP contribution is -2.13. The van der Waals surface area contributed by atoms with Gasteiger partial charge in [0.2, 0.25) is 0 Å². The van der Waals surface area contributed by atoms with Crippen LogP contribution < -0.4 is 5.32 Å². The van der Waals surface area contributed by atoms with Gasteiger partial charge in [0.25, 0.3) is 0 Å². The summed E-state index contributed by atoms with van der Waals surface area (Å²) in [5, 5.41) is 4.21. The topological polar surface area (TPSA) is 27.8 Å². The SMILES string of the molecule is CCCNCc1cc2cccc(F)c2[nH]1. The molecule has 0 saturated carbocycles. The highest BCUT2D eigenvalue weighted by Crippen LogP contribution is 2.17. The van der Waals surface area contributed by atoms with Crippen LogP contribution in [0.15, 0.2) is 24.3 Å². The van der Waals surface area contributed by atoms with Gasteiger partial charge in [-0.25, -0.2) is 4.39 Å². The molecule has 0 fully saturated rings. The number of nitrogens with one attached hydrogen (secondary N) is 2. The Balaban J connectivity index is 2.20. The summed E-state index contributed by atoms with van der Waals surface area (Å²) < 4.78 is 13.3. The molecule has 0 atom stereocenters. The zero-order valence-electron chi connectivity index (χ0n) is 8.81. The van der Waals surface area contributed by atoms with Crippen LogP contribution >= 0.6 is 0 Å². The highest BCUT2D eigenvalue weighted by molar-refractivity contribution is 5.80. The van der Waals surface area contributed by atoms with Gasteiger partial charge in [-0.1, -0.05) is 19.1 Å². The minimum Gasteiger partial charge on any atom is -0.355 e. The Morgan fingerprint density at radius 1 is 1.40 bits per heavy atom. The Hall–Kier alpha value is -1.35. The van der Waals surface area contributed by atoms with Crippen LogP contribution in [0.2, 0.25) is 0 Å². The lowest BCUT2D eigenvalue weighted by atomic mass is 10.2. The fraction of sp³-hybridized carbons (Fsp3) is 0.333. The maximum absolute atomic E-state index is 13.3. The molecule has 80 valence electrons. The van der Waals surface area contributed by atoms with Crippen molar-refractivity contribution in [1.29, 1.82) is 0 Å². The third-order valence-electron chi connectivity index (χ3n) is 2.40. The number of rotatable bonds is 4. The molecule has 0 aliphatic heterocycles. The lowest BCUT2D eigenvalue weighted by Gasteiger charge is -1.98. The van der Waals surface area contributed by atoms with Crippen molar-refractivity contribution in [3.8, 4) is 0 Å². The van der Waals surface area contributed by atoms with Crippen LogP contribution in [0.4, 0.5) is 4.39 Å². The quantitative estimate of drug-likeness (QED) is 0.740.